The van der Waals surface area contributed by atoms with Gasteiger partial charge in [-0.2, -0.15) is 0 Å². The molecule has 0 N–H and O–H groups in total. The third-order valence-electron chi connectivity index (χ3n) is 5.75. The van der Waals surface area contributed by atoms with Gasteiger partial charge < -0.3 is 0 Å². The quantitative estimate of drug-likeness (QED) is 0.221. The second kappa shape index (κ2) is 18.3. The molecule has 0 rings (SSSR count). The standard InChI is InChI=1S/C23H48/c1-5-9-11-13-15-17-19-22(7-3)21-23(8-4)20-18-16-14-12-10-6-2/h22-23H,5-21H2,1-4H3. The van der Waals surface area contributed by atoms with Crippen LogP contribution in [0.2, 0.25) is 0 Å². The molecule has 0 bridgehead atoms. The molecule has 0 heterocycles. The maximum atomic E-state index is 2.42. The van der Waals surface area contributed by atoms with Gasteiger partial charge >= 0.3 is 0 Å². The van der Waals surface area contributed by atoms with Crippen LogP contribution in [0.1, 0.15) is 137 Å². The molecule has 0 radical (unpaired) electrons. The molecule has 0 heteroatoms. The summed E-state index contributed by atoms with van der Waals surface area (Å²) in [6.07, 6.45) is 24.7. The fraction of sp³-hybridized carbons (Fsp3) is 1.00. The number of hydrogen-bond donors (Lipinski definition) is 0. The van der Waals surface area contributed by atoms with E-state index >= 15 is 0 Å². The molecule has 0 aromatic rings. The van der Waals surface area contributed by atoms with Gasteiger partial charge in [-0.15, -0.1) is 0 Å². The summed E-state index contributed by atoms with van der Waals surface area (Å²) in [5.41, 5.74) is 0. The van der Waals surface area contributed by atoms with Gasteiger partial charge in [0.2, 0.25) is 0 Å². The van der Waals surface area contributed by atoms with Gasteiger partial charge in [0, 0.05) is 0 Å². The SMILES string of the molecule is CCCCCCCCC(CC)CC(CC)CCCCCCCC. The fourth-order valence-electron chi connectivity index (χ4n) is 3.88. The van der Waals surface area contributed by atoms with E-state index in [1.807, 2.05) is 0 Å². The predicted octanol–water partition coefficient (Wildman–Crippen LogP) is 8.93. The molecule has 2 atom stereocenters. The van der Waals surface area contributed by atoms with Gasteiger partial charge in [-0.1, -0.05) is 130 Å². The topological polar surface area (TPSA) is 0 Å². The van der Waals surface area contributed by atoms with E-state index in [1.54, 1.807) is 0 Å². The van der Waals surface area contributed by atoms with Crippen LogP contribution in [0.25, 0.3) is 0 Å². The van der Waals surface area contributed by atoms with Crippen molar-refractivity contribution in [3.63, 3.8) is 0 Å². The van der Waals surface area contributed by atoms with E-state index in [-0.39, 0.29) is 0 Å². The summed E-state index contributed by atoms with van der Waals surface area (Å²) in [5, 5.41) is 0. The molecule has 0 saturated heterocycles. The van der Waals surface area contributed by atoms with Crippen LogP contribution in [-0.2, 0) is 0 Å². The lowest BCUT2D eigenvalue weighted by molar-refractivity contribution is 0.307. The van der Waals surface area contributed by atoms with Crippen LogP contribution in [0.4, 0.5) is 0 Å². The van der Waals surface area contributed by atoms with Crippen LogP contribution in [0.5, 0.6) is 0 Å². The van der Waals surface area contributed by atoms with Crippen molar-refractivity contribution in [1.82, 2.24) is 0 Å². The lowest BCUT2D eigenvalue weighted by Crippen LogP contribution is -2.08. The smallest absolute Gasteiger partial charge is 0.0414 e. The molecule has 2 unspecified atom stereocenters. The Balaban J connectivity index is 3.70. The third-order valence-corrected chi connectivity index (χ3v) is 5.75. The van der Waals surface area contributed by atoms with Crippen molar-refractivity contribution in [3.8, 4) is 0 Å². The van der Waals surface area contributed by atoms with Crippen molar-refractivity contribution in [3.05, 3.63) is 0 Å². The van der Waals surface area contributed by atoms with Gasteiger partial charge in [-0.25, -0.2) is 0 Å². The summed E-state index contributed by atoms with van der Waals surface area (Å²) in [6.45, 7) is 9.45. The van der Waals surface area contributed by atoms with E-state index in [1.165, 1.54) is 109 Å². The zero-order valence-corrected chi connectivity index (χ0v) is 17.2. The average molecular weight is 325 g/mol. The van der Waals surface area contributed by atoms with E-state index in [2.05, 4.69) is 27.7 Å². The molecular formula is C23H48. The highest BCUT2D eigenvalue weighted by Crippen LogP contribution is 2.27. The molecule has 0 fully saturated rings. The van der Waals surface area contributed by atoms with Gasteiger partial charge in [0.15, 0.2) is 0 Å². The highest BCUT2D eigenvalue weighted by atomic mass is 14.2. The Morgan fingerprint density at radius 3 is 1.13 bits per heavy atom. The van der Waals surface area contributed by atoms with Gasteiger partial charge in [0.05, 0.1) is 0 Å². The molecule has 0 nitrogen and oxygen atoms in total. The number of hydrogen-bond acceptors (Lipinski definition) is 0. The largest absolute Gasteiger partial charge is 0.0654 e. The van der Waals surface area contributed by atoms with Crippen molar-refractivity contribution < 1.29 is 0 Å². The van der Waals surface area contributed by atoms with E-state index < -0.39 is 0 Å². The van der Waals surface area contributed by atoms with Crippen LogP contribution in [0, 0.1) is 11.8 Å². The minimum Gasteiger partial charge on any atom is -0.0654 e. The Bertz CT molecular complexity index is 186. The minimum absolute atomic E-state index is 1.01. The Hall–Kier alpha value is 0. The summed E-state index contributed by atoms with van der Waals surface area (Å²) >= 11 is 0. The molecule has 0 aliphatic rings. The second-order valence-electron chi connectivity index (χ2n) is 7.90. The first-order valence-corrected chi connectivity index (χ1v) is 11.3. The van der Waals surface area contributed by atoms with Gasteiger partial charge in [-0.05, 0) is 18.3 Å². The highest BCUT2D eigenvalue weighted by molar-refractivity contribution is 4.66. The van der Waals surface area contributed by atoms with Crippen LogP contribution in [0.15, 0.2) is 0 Å². The Labute approximate surface area is 149 Å². The van der Waals surface area contributed by atoms with Crippen LogP contribution in [0.3, 0.4) is 0 Å². The molecule has 23 heavy (non-hydrogen) atoms. The summed E-state index contributed by atoms with van der Waals surface area (Å²) in [6, 6.07) is 0. The molecular weight excluding hydrogens is 276 g/mol. The summed E-state index contributed by atoms with van der Waals surface area (Å²) in [7, 11) is 0. The zero-order valence-electron chi connectivity index (χ0n) is 17.2. The first-order valence-electron chi connectivity index (χ1n) is 11.3. The fourth-order valence-corrected chi connectivity index (χ4v) is 3.88. The molecule has 0 amide bonds. The monoisotopic (exact) mass is 324 g/mol. The number of unbranched alkanes of at least 4 members (excludes halogenated alkanes) is 10. The van der Waals surface area contributed by atoms with Crippen LogP contribution < -0.4 is 0 Å². The molecule has 140 valence electrons. The zero-order chi connectivity index (χ0) is 17.2. The highest BCUT2D eigenvalue weighted by Gasteiger charge is 2.13. The van der Waals surface area contributed by atoms with Gasteiger partial charge in [-0.3, -0.25) is 0 Å². The van der Waals surface area contributed by atoms with E-state index in [4.69, 9.17) is 0 Å². The van der Waals surface area contributed by atoms with Crippen molar-refractivity contribution in [2.24, 2.45) is 11.8 Å². The maximum absolute atomic E-state index is 2.42. The van der Waals surface area contributed by atoms with Crippen LogP contribution in [-0.4, -0.2) is 0 Å². The lowest BCUT2D eigenvalue weighted by atomic mass is 9.84. The molecule has 0 aromatic carbocycles. The van der Waals surface area contributed by atoms with Crippen molar-refractivity contribution in [2.45, 2.75) is 137 Å². The van der Waals surface area contributed by atoms with Crippen LogP contribution >= 0.6 is 0 Å². The molecule has 0 aromatic heterocycles. The Kier molecular flexibility index (Phi) is 18.3. The van der Waals surface area contributed by atoms with E-state index in [9.17, 15) is 0 Å². The summed E-state index contributed by atoms with van der Waals surface area (Å²) in [5.74, 6) is 2.01. The Morgan fingerprint density at radius 1 is 0.435 bits per heavy atom. The Morgan fingerprint density at radius 2 is 0.783 bits per heavy atom. The number of rotatable bonds is 18. The van der Waals surface area contributed by atoms with Gasteiger partial charge in [0.1, 0.15) is 0 Å². The molecule has 0 aliphatic heterocycles. The molecule has 0 saturated carbocycles. The first-order chi connectivity index (χ1) is 11.3. The normalized spacial score (nSPS) is 14.1. The van der Waals surface area contributed by atoms with Crippen molar-refractivity contribution in [1.29, 1.82) is 0 Å². The van der Waals surface area contributed by atoms with Gasteiger partial charge in [0.25, 0.3) is 0 Å². The lowest BCUT2D eigenvalue weighted by Gasteiger charge is -2.22. The summed E-state index contributed by atoms with van der Waals surface area (Å²) < 4.78 is 0. The van der Waals surface area contributed by atoms with Crippen molar-refractivity contribution >= 4 is 0 Å². The minimum atomic E-state index is 1.01. The maximum Gasteiger partial charge on any atom is -0.0414 e. The van der Waals surface area contributed by atoms with E-state index in [0.717, 1.165) is 11.8 Å². The second-order valence-corrected chi connectivity index (χ2v) is 7.90. The predicted molar refractivity (Wildman–Crippen MR) is 108 cm³/mol. The molecule has 0 spiro atoms. The first kappa shape index (κ1) is 23.0. The average Bonchev–Trinajstić information content (AvgIpc) is 2.58. The van der Waals surface area contributed by atoms with E-state index in [0.29, 0.717) is 0 Å². The molecule has 0 aliphatic carbocycles. The summed E-state index contributed by atoms with van der Waals surface area (Å²) in [4.78, 5) is 0. The third kappa shape index (κ3) is 15.3. The van der Waals surface area contributed by atoms with Crippen molar-refractivity contribution in [2.75, 3.05) is 0 Å².